The fraction of sp³-hybridized carbons (Fsp3) is 0.250. The number of nitro groups is 1. The lowest BCUT2D eigenvalue weighted by atomic mass is 9.97. The summed E-state index contributed by atoms with van der Waals surface area (Å²) in [7, 11) is 0. The Hall–Kier alpha value is -2.36. The van der Waals surface area contributed by atoms with E-state index in [2.05, 4.69) is 5.32 Å². The van der Waals surface area contributed by atoms with E-state index in [-0.39, 0.29) is 11.0 Å². The summed E-state index contributed by atoms with van der Waals surface area (Å²) in [5.74, 6) is 0. The van der Waals surface area contributed by atoms with Crippen molar-refractivity contribution in [2.24, 2.45) is 0 Å². The van der Waals surface area contributed by atoms with Crippen molar-refractivity contribution in [3.63, 3.8) is 0 Å². The van der Waals surface area contributed by atoms with Gasteiger partial charge in [-0.05, 0) is 17.7 Å². The van der Waals surface area contributed by atoms with Crippen LogP contribution in [0.15, 0.2) is 60.7 Å². The summed E-state index contributed by atoms with van der Waals surface area (Å²) in [6.07, 6.45) is 0.479. The van der Waals surface area contributed by atoms with Gasteiger partial charge in [-0.2, -0.15) is 0 Å². The van der Waals surface area contributed by atoms with E-state index in [1.807, 2.05) is 67.6 Å². The maximum absolute atomic E-state index is 11.3. The fourth-order valence-corrected chi connectivity index (χ4v) is 2.28. The van der Waals surface area contributed by atoms with Crippen molar-refractivity contribution >= 4 is 5.69 Å². The summed E-state index contributed by atoms with van der Waals surface area (Å²) in [4.78, 5) is 11.1. The highest BCUT2D eigenvalue weighted by atomic mass is 16.6. The Kier molecular flexibility index (Phi) is 4.71. The first-order valence-corrected chi connectivity index (χ1v) is 6.72. The highest BCUT2D eigenvalue weighted by Crippen LogP contribution is 2.25. The van der Waals surface area contributed by atoms with Crippen LogP contribution < -0.4 is 5.32 Å². The molecule has 0 bridgehead atoms. The standard InChI is InChI=1S/C16H18N2O2/c1-2-15(18(19)20)16(13-9-5-3-6-10-13)17-14-11-7-4-8-12-14/h3-12,15-17H,2H2,1H3/t15-,16+/m0/s1. The molecule has 0 heterocycles. The van der Waals surface area contributed by atoms with Gasteiger partial charge < -0.3 is 5.32 Å². The van der Waals surface area contributed by atoms with E-state index in [1.165, 1.54) is 0 Å². The minimum atomic E-state index is -0.655. The lowest BCUT2D eigenvalue weighted by molar-refractivity contribution is -0.526. The predicted molar refractivity (Wildman–Crippen MR) is 80.3 cm³/mol. The minimum Gasteiger partial charge on any atom is -0.372 e. The molecule has 0 aliphatic carbocycles. The molecule has 4 nitrogen and oxygen atoms in total. The van der Waals surface area contributed by atoms with Crippen molar-refractivity contribution in [3.8, 4) is 0 Å². The molecule has 0 spiro atoms. The van der Waals surface area contributed by atoms with E-state index in [0.29, 0.717) is 6.42 Å². The first-order chi connectivity index (χ1) is 9.72. The van der Waals surface area contributed by atoms with Crippen molar-refractivity contribution < 1.29 is 4.92 Å². The Balaban J connectivity index is 2.31. The smallest absolute Gasteiger partial charge is 0.236 e. The first-order valence-electron chi connectivity index (χ1n) is 6.72. The van der Waals surface area contributed by atoms with Crippen molar-refractivity contribution in [2.75, 3.05) is 5.32 Å². The van der Waals surface area contributed by atoms with E-state index in [4.69, 9.17) is 0 Å². The van der Waals surface area contributed by atoms with Gasteiger partial charge >= 0.3 is 0 Å². The molecule has 20 heavy (non-hydrogen) atoms. The SMILES string of the molecule is CC[C@@H]([C@H](Nc1ccccc1)c1ccccc1)[N+](=O)[O-]. The first kappa shape index (κ1) is 14.1. The highest BCUT2D eigenvalue weighted by Gasteiger charge is 2.30. The highest BCUT2D eigenvalue weighted by molar-refractivity contribution is 5.45. The second-order valence-corrected chi connectivity index (χ2v) is 4.66. The predicted octanol–water partition coefficient (Wildman–Crippen LogP) is 3.90. The second kappa shape index (κ2) is 6.70. The average molecular weight is 270 g/mol. The van der Waals surface area contributed by atoms with Crippen LogP contribution in [-0.2, 0) is 0 Å². The van der Waals surface area contributed by atoms with Crippen molar-refractivity contribution in [2.45, 2.75) is 25.4 Å². The van der Waals surface area contributed by atoms with Crippen LogP contribution in [0.25, 0.3) is 0 Å². The van der Waals surface area contributed by atoms with Gasteiger partial charge in [0.25, 0.3) is 0 Å². The monoisotopic (exact) mass is 270 g/mol. The van der Waals surface area contributed by atoms with Crippen molar-refractivity contribution in [1.82, 2.24) is 0 Å². The molecule has 0 fully saturated rings. The summed E-state index contributed by atoms with van der Waals surface area (Å²) in [5.41, 5.74) is 1.82. The Bertz CT molecular complexity index is 543. The average Bonchev–Trinajstić information content (AvgIpc) is 2.48. The van der Waals surface area contributed by atoms with Gasteiger partial charge in [-0.3, -0.25) is 10.1 Å². The number of anilines is 1. The number of nitrogens with one attached hydrogen (secondary N) is 1. The lowest BCUT2D eigenvalue weighted by Crippen LogP contribution is -2.32. The molecule has 0 aliphatic heterocycles. The minimum absolute atomic E-state index is 0.201. The summed E-state index contributed by atoms with van der Waals surface area (Å²) >= 11 is 0. The van der Waals surface area contributed by atoms with E-state index in [9.17, 15) is 10.1 Å². The molecule has 0 unspecified atom stereocenters. The van der Waals surface area contributed by atoms with Gasteiger partial charge in [-0.15, -0.1) is 0 Å². The van der Waals surface area contributed by atoms with Crippen LogP contribution in [0.2, 0.25) is 0 Å². The maximum atomic E-state index is 11.3. The normalized spacial score (nSPS) is 13.4. The molecule has 2 aromatic rings. The van der Waals surface area contributed by atoms with Crippen LogP contribution in [0, 0.1) is 10.1 Å². The van der Waals surface area contributed by atoms with Gasteiger partial charge in [0.1, 0.15) is 6.04 Å². The Morgan fingerprint density at radius 1 is 1.05 bits per heavy atom. The molecule has 0 aromatic heterocycles. The number of para-hydroxylation sites is 1. The molecule has 0 saturated heterocycles. The Morgan fingerprint density at radius 2 is 1.60 bits per heavy atom. The molecule has 2 aromatic carbocycles. The van der Waals surface area contributed by atoms with Crippen LogP contribution >= 0.6 is 0 Å². The molecule has 0 aliphatic rings. The van der Waals surface area contributed by atoms with E-state index < -0.39 is 6.04 Å². The summed E-state index contributed by atoms with van der Waals surface area (Å²) in [6, 6.07) is 18.2. The second-order valence-electron chi connectivity index (χ2n) is 4.66. The quantitative estimate of drug-likeness (QED) is 0.640. The molecule has 0 radical (unpaired) electrons. The van der Waals surface area contributed by atoms with Crippen LogP contribution in [0.4, 0.5) is 5.69 Å². The fourth-order valence-electron chi connectivity index (χ4n) is 2.28. The van der Waals surface area contributed by atoms with Crippen LogP contribution in [0.3, 0.4) is 0 Å². The molecule has 0 saturated carbocycles. The van der Waals surface area contributed by atoms with Crippen molar-refractivity contribution in [1.29, 1.82) is 0 Å². The van der Waals surface area contributed by atoms with Gasteiger partial charge in [-0.25, -0.2) is 0 Å². The largest absolute Gasteiger partial charge is 0.372 e. The lowest BCUT2D eigenvalue weighted by Gasteiger charge is -2.23. The molecule has 2 atom stereocenters. The van der Waals surface area contributed by atoms with Gasteiger partial charge in [-0.1, -0.05) is 55.5 Å². The van der Waals surface area contributed by atoms with E-state index in [0.717, 1.165) is 11.3 Å². The maximum Gasteiger partial charge on any atom is 0.236 e. The molecular formula is C16H18N2O2. The van der Waals surface area contributed by atoms with Crippen molar-refractivity contribution in [3.05, 3.63) is 76.3 Å². The Labute approximate surface area is 118 Å². The van der Waals surface area contributed by atoms with Gasteiger partial charge in [0.05, 0.1) is 0 Å². The zero-order chi connectivity index (χ0) is 14.4. The number of benzene rings is 2. The molecular weight excluding hydrogens is 252 g/mol. The topological polar surface area (TPSA) is 55.2 Å². The summed E-state index contributed by atoms with van der Waals surface area (Å²) in [6.45, 7) is 1.84. The molecule has 0 amide bonds. The van der Waals surface area contributed by atoms with Crippen LogP contribution in [0.5, 0.6) is 0 Å². The number of hydrogen-bond acceptors (Lipinski definition) is 3. The third-order valence-electron chi connectivity index (χ3n) is 3.33. The zero-order valence-corrected chi connectivity index (χ0v) is 11.4. The summed E-state index contributed by atoms with van der Waals surface area (Å²) in [5, 5.41) is 14.6. The number of hydrogen-bond donors (Lipinski definition) is 1. The number of nitrogens with zero attached hydrogens (tertiary/aromatic N) is 1. The zero-order valence-electron chi connectivity index (χ0n) is 11.4. The van der Waals surface area contributed by atoms with Crippen LogP contribution in [0.1, 0.15) is 24.9 Å². The molecule has 2 rings (SSSR count). The molecule has 1 N–H and O–H groups in total. The summed E-state index contributed by atoms with van der Waals surface area (Å²) < 4.78 is 0. The number of rotatable bonds is 6. The third kappa shape index (κ3) is 3.35. The van der Waals surface area contributed by atoms with Gasteiger partial charge in [0.15, 0.2) is 0 Å². The third-order valence-corrected chi connectivity index (χ3v) is 3.33. The molecule has 104 valence electrons. The van der Waals surface area contributed by atoms with Crippen LogP contribution in [-0.4, -0.2) is 11.0 Å². The van der Waals surface area contributed by atoms with E-state index in [1.54, 1.807) is 0 Å². The Morgan fingerprint density at radius 3 is 2.10 bits per heavy atom. The molecule has 4 heteroatoms. The van der Waals surface area contributed by atoms with Gasteiger partial charge in [0.2, 0.25) is 6.04 Å². The van der Waals surface area contributed by atoms with E-state index >= 15 is 0 Å². The van der Waals surface area contributed by atoms with Gasteiger partial charge in [0, 0.05) is 17.0 Å².